The van der Waals surface area contributed by atoms with Gasteiger partial charge in [-0.1, -0.05) is 83.7 Å². The fourth-order valence-electron chi connectivity index (χ4n) is 5.72. The molecule has 0 fully saturated rings. The van der Waals surface area contributed by atoms with Gasteiger partial charge in [-0.05, 0) is 84.1 Å². The van der Waals surface area contributed by atoms with Gasteiger partial charge in [0.05, 0.1) is 5.58 Å². The molecule has 0 aliphatic carbocycles. The predicted molar refractivity (Wildman–Crippen MR) is 191 cm³/mol. The Labute approximate surface area is 294 Å². The number of benzene rings is 4. The summed E-state index contributed by atoms with van der Waals surface area (Å²) in [5, 5.41) is 2.05. The Morgan fingerprint density at radius 1 is 0.667 bits per heavy atom. The second-order valence-corrected chi connectivity index (χ2v) is 11.6. The summed E-state index contributed by atoms with van der Waals surface area (Å²) < 4.78 is 6.32. The van der Waals surface area contributed by atoms with Gasteiger partial charge >= 0.3 is 0 Å². The maximum Gasteiger partial charge on any atom is 0.216 e. The Bertz CT molecular complexity index is 2260. The quantitative estimate of drug-likeness (QED) is 0.157. The minimum Gasteiger partial charge on any atom is -0.486 e. The minimum atomic E-state index is 0. The molecule has 1 radical (unpaired) electrons. The largest absolute Gasteiger partial charge is 0.486 e. The first-order chi connectivity index (χ1) is 23.1. The van der Waals surface area contributed by atoms with E-state index in [0.717, 1.165) is 63.0 Å². The third-order valence-electron chi connectivity index (χ3n) is 8.24. The number of hydrogen-bond acceptors (Lipinski definition) is 4. The van der Waals surface area contributed by atoms with Crippen molar-refractivity contribution in [2.45, 2.75) is 26.7 Å². The van der Waals surface area contributed by atoms with E-state index in [4.69, 9.17) is 9.40 Å². The van der Waals surface area contributed by atoms with Gasteiger partial charge in [-0.3, -0.25) is 0 Å². The molecule has 0 unspecified atom stereocenters. The molecule has 0 spiro atoms. The van der Waals surface area contributed by atoms with Crippen molar-refractivity contribution in [3.8, 4) is 33.6 Å². The van der Waals surface area contributed by atoms with Crippen LogP contribution >= 0.6 is 0 Å². The first-order valence-electron chi connectivity index (χ1n) is 15.8. The smallest absolute Gasteiger partial charge is 0.216 e. The number of pyridine rings is 3. The van der Waals surface area contributed by atoms with Crippen LogP contribution in [0.1, 0.15) is 22.4 Å². The summed E-state index contributed by atoms with van der Waals surface area (Å²) in [6.07, 6.45) is 5.55. The van der Waals surface area contributed by atoms with Gasteiger partial charge in [0.2, 0.25) is 5.71 Å². The van der Waals surface area contributed by atoms with Crippen molar-refractivity contribution < 1.29 is 24.5 Å². The van der Waals surface area contributed by atoms with Crippen molar-refractivity contribution in [1.29, 1.82) is 0 Å². The fraction of sp³-hybridized carbons (Fsp3) is 0.0930. The molecule has 8 rings (SSSR count). The Kier molecular flexibility index (Phi) is 10.3. The van der Waals surface area contributed by atoms with Gasteiger partial charge in [0, 0.05) is 43.6 Å². The molecule has 0 N–H and O–H groups in total. The van der Waals surface area contributed by atoms with Gasteiger partial charge in [0.15, 0.2) is 0 Å². The molecule has 0 atom stereocenters. The van der Waals surface area contributed by atoms with Crippen LogP contribution in [-0.2, 0) is 32.9 Å². The summed E-state index contributed by atoms with van der Waals surface area (Å²) in [6, 6.07) is 49.7. The summed E-state index contributed by atoms with van der Waals surface area (Å²) in [5.74, 6) is 0. The van der Waals surface area contributed by atoms with Crippen LogP contribution < -0.4 is 0 Å². The average Bonchev–Trinajstić information content (AvgIpc) is 3.51. The van der Waals surface area contributed by atoms with Gasteiger partial charge in [-0.2, -0.15) is 0 Å². The third kappa shape index (κ3) is 7.34. The van der Waals surface area contributed by atoms with E-state index in [1.165, 1.54) is 22.3 Å². The number of furan rings is 1. The molecule has 8 aromatic rings. The number of nitrogens with zero attached hydrogens (tertiary/aromatic N) is 3. The zero-order valence-electron chi connectivity index (χ0n) is 26.8. The van der Waals surface area contributed by atoms with Crippen LogP contribution in [0.3, 0.4) is 0 Å². The van der Waals surface area contributed by atoms with Crippen molar-refractivity contribution in [3.63, 3.8) is 0 Å². The Morgan fingerprint density at radius 2 is 1.50 bits per heavy atom. The van der Waals surface area contributed by atoms with Crippen molar-refractivity contribution in [1.82, 2.24) is 15.0 Å². The normalized spacial score (nSPS) is 10.7. The van der Waals surface area contributed by atoms with E-state index in [0.29, 0.717) is 5.71 Å². The number of aryl methyl sites for hydroxylation is 4. The van der Waals surface area contributed by atoms with E-state index >= 15 is 0 Å². The number of hydrogen-bond donors (Lipinski definition) is 0. The third-order valence-corrected chi connectivity index (χ3v) is 8.24. The second-order valence-electron chi connectivity index (χ2n) is 11.6. The van der Waals surface area contributed by atoms with E-state index in [-0.39, 0.29) is 20.1 Å². The molecule has 5 heteroatoms. The summed E-state index contributed by atoms with van der Waals surface area (Å²) in [5.41, 5.74) is 12.2. The van der Waals surface area contributed by atoms with Crippen LogP contribution in [0, 0.1) is 26.0 Å². The van der Waals surface area contributed by atoms with Crippen molar-refractivity contribution in [2.75, 3.05) is 0 Å². The standard InChI is InChI=1S/C31H23N2O.C12H10N.Ir/c1-21-8-5-6-11-25(21)23-18-19-32-29(20-23)28-13-7-12-26-27-17-16-24(33-31(27)34-30(26)28)15-14-22-9-3-2-4-10-22;1-10-7-8-12(13-9-10)11-5-3-2-4-6-11;/h2-12,16-20H,14-15H2,1H3;2-5,7-9H,1H3;/q2*-1;. The first kappa shape index (κ1) is 32.7. The number of fused-ring (bicyclic) bond motifs is 3. The van der Waals surface area contributed by atoms with E-state index in [2.05, 4.69) is 102 Å². The molecular weight excluding hydrogens is 767 g/mol. The topological polar surface area (TPSA) is 51.8 Å². The summed E-state index contributed by atoms with van der Waals surface area (Å²) >= 11 is 0. The van der Waals surface area contributed by atoms with E-state index in [9.17, 15) is 0 Å². The van der Waals surface area contributed by atoms with Crippen LogP contribution in [0.2, 0.25) is 0 Å². The second kappa shape index (κ2) is 15.1. The van der Waals surface area contributed by atoms with Crippen LogP contribution in [0.25, 0.3) is 55.7 Å². The average molecular weight is 800 g/mol. The van der Waals surface area contributed by atoms with Gasteiger partial charge in [0.25, 0.3) is 0 Å². The molecule has 4 aromatic carbocycles. The minimum absolute atomic E-state index is 0. The molecule has 0 bridgehead atoms. The predicted octanol–water partition coefficient (Wildman–Crippen LogP) is 10.5. The summed E-state index contributed by atoms with van der Waals surface area (Å²) in [6.45, 7) is 4.16. The van der Waals surface area contributed by atoms with Crippen LogP contribution in [0.15, 0.2) is 144 Å². The summed E-state index contributed by atoms with van der Waals surface area (Å²) in [4.78, 5) is 13.8. The van der Waals surface area contributed by atoms with Gasteiger partial charge in [-0.15, -0.1) is 54.1 Å². The van der Waals surface area contributed by atoms with Crippen LogP contribution in [0.5, 0.6) is 0 Å². The molecule has 48 heavy (non-hydrogen) atoms. The maximum atomic E-state index is 6.32. The Balaban J connectivity index is 0.000000241. The zero-order valence-corrected chi connectivity index (χ0v) is 29.2. The van der Waals surface area contributed by atoms with E-state index in [1.54, 1.807) is 0 Å². The van der Waals surface area contributed by atoms with Gasteiger partial charge in [-0.25, -0.2) is 4.98 Å². The molecule has 0 saturated heterocycles. The molecule has 0 aliphatic heterocycles. The summed E-state index contributed by atoms with van der Waals surface area (Å²) in [7, 11) is 0. The molecule has 0 amide bonds. The van der Waals surface area contributed by atoms with Gasteiger partial charge in [0.1, 0.15) is 0 Å². The Hall–Kier alpha value is -5.22. The van der Waals surface area contributed by atoms with Crippen LogP contribution in [0.4, 0.5) is 0 Å². The molecule has 4 nitrogen and oxygen atoms in total. The van der Waals surface area contributed by atoms with Gasteiger partial charge < -0.3 is 14.4 Å². The molecule has 0 aliphatic rings. The first-order valence-corrected chi connectivity index (χ1v) is 15.8. The number of aromatic nitrogens is 3. The maximum absolute atomic E-state index is 6.32. The van der Waals surface area contributed by atoms with E-state index in [1.807, 2.05) is 73.9 Å². The number of rotatable bonds is 6. The fourth-order valence-corrected chi connectivity index (χ4v) is 5.72. The van der Waals surface area contributed by atoms with Crippen molar-refractivity contribution in [3.05, 3.63) is 174 Å². The zero-order chi connectivity index (χ0) is 32.0. The Morgan fingerprint density at radius 3 is 2.29 bits per heavy atom. The SMILES string of the molecule is Cc1ccc(-c2[c-]cccc2)nc1.Cc1ccccc1-c1ccnc(-c2[c-]ccc3c2oc2nc(CCc4ccccc4)ccc23)c1.[Ir]. The molecule has 4 heterocycles. The van der Waals surface area contributed by atoms with Crippen molar-refractivity contribution in [2.24, 2.45) is 0 Å². The molecular formula is C43H33IrN3O-2. The molecule has 0 saturated carbocycles. The monoisotopic (exact) mass is 800 g/mol. The molecule has 237 valence electrons. The van der Waals surface area contributed by atoms with E-state index < -0.39 is 0 Å². The van der Waals surface area contributed by atoms with Crippen molar-refractivity contribution >= 4 is 22.1 Å². The molecule has 4 aromatic heterocycles. The van der Waals surface area contributed by atoms with Crippen LogP contribution in [-0.4, -0.2) is 15.0 Å².